The van der Waals surface area contributed by atoms with Gasteiger partial charge in [0, 0.05) is 14.1 Å². The van der Waals surface area contributed by atoms with Crippen LogP contribution in [0.5, 0.6) is 0 Å². The molecule has 1 saturated carbocycles. The van der Waals surface area contributed by atoms with Crippen LogP contribution in [-0.4, -0.2) is 11.9 Å². The molecule has 4 heteroatoms. The van der Waals surface area contributed by atoms with Crippen LogP contribution in [0.25, 0.3) is 0 Å². The van der Waals surface area contributed by atoms with E-state index in [0.29, 0.717) is 0 Å². The Balaban J connectivity index is 2.14. The fourth-order valence-corrected chi connectivity index (χ4v) is 3.59. The van der Waals surface area contributed by atoms with Crippen molar-refractivity contribution < 1.29 is 4.79 Å². The number of rotatable bonds is 2. The molecule has 1 aliphatic carbocycles. The first-order chi connectivity index (χ1) is 8.90. The molecule has 1 unspecified atom stereocenters. The van der Waals surface area contributed by atoms with Crippen LogP contribution in [0.15, 0.2) is 22.7 Å². The van der Waals surface area contributed by atoms with Crippen molar-refractivity contribution in [1.82, 2.24) is 5.32 Å². The number of hydrogen-bond acceptors (Lipinski definition) is 1. The van der Waals surface area contributed by atoms with E-state index in [-0.39, 0.29) is 17.4 Å². The van der Waals surface area contributed by atoms with Gasteiger partial charge in [-0.25, -0.2) is 0 Å². The van der Waals surface area contributed by atoms with Gasteiger partial charge in [0.05, 0.1) is 5.56 Å². The first-order valence-electron chi connectivity index (χ1n) is 6.66. The summed E-state index contributed by atoms with van der Waals surface area (Å²) >= 11 is 5.69. The lowest BCUT2D eigenvalue weighted by molar-refractivity contribution is 0.0852. The molecule has 0 aromatic heterocycles. The first-order valence-corrected chi connectivity index (χ1v) is 8.53. The lowest BCUT2D eigenvalue weighted by atomic mass is 9.73. The molecular weight excluding hydrogens is 417 g/mol. The topological polar surface area (TPSA) is 29.1 Å². The Kier molecular flexibility index (Phi) is 4.93. The van der Waals surface area contributed by atoms with Crippen LogP contribution >= 0.6 is 38.5 Å². The average molecular weight is 436 g/mol. The molecule has 1 fully saturated rings. The van der Waals surface area contributed by atoms with Crippen molar-refractivity contribution in [3.8, 4) is 0 Å². The fourth-order valence-electron chi connectivity index (χ4n) is 2.67. The molecule has 1 aliphatic rings. The highest BCUT2D eigenvalue weighted by molar-refractivity contribution is 14.1. The zero-order valence-electron chi connectivity index (χ0n) is 11.3. The Morgan fingerprint density at radius 2 is 2.16 bits per heavy atom. The third-order valence-electron chi connectivity index (χ3n) is 3.99. The summed E-state index contributed by atoms with van der Waals surface area (Å²) < 4.78 is 1.94. The van der Waals surface area contributed by atoms with Gasteiger partial charge in [-0.2, -0.15) is 0 Å². The van der Waals surface area contributed by atoms with E-state index in [1.54, 1.807) is 0 Å². The normalized spacial score (nSPS) is 22.0. The zero-order chi connectivity index (χ0) is 14.0. The molecule has 0 saturated heterocycles. The molecule has 1 atom stereocenters. The summed E-state index contributed by atoms with van der Waals surface area (Å²) in [7, 11) is 0. The predicted molar refractivity (Wildman–Crippen MR) is 90.4 cm³/mol. The Labute approximate surface area is 137 Å². The van der Waals surface area contributed by atoms with Crippen molar-refractivity contribution in [2.45, 2.75) is 45.6 Å². The summed E-state index contributed by atoms with van der Waals surface area (Å²) in [5.74, 6) is 0.0327. The van der Waals surface area contributed by atoms with Crippen LogP contribution in [0.1, 0.15) is 49.9 Å². The van der Waals surface area contributed by atoms with Gasteiger partial charge in [-0.15, -0.1) is 0 Å². The summed E-state index contributed by atoms with van der Waals surface area (Å²) in [5.41, 5.74) is 0.927. The molecule has 0 heterocycles. The predicted octanol–water partition coefficient (Wildman–Crippen LogP) is 4.75. The average Bonchev–Trinajstić information content (AvgIpc) is 2.34. The number of carbonyl (C=O) groups excluding carboxylic acids is 1. The van der Waals surface area contributed by atoms with Gasteiger partial charge in [0.25, 0.3) is 5.91 Å². The molecule has 1 N–H and O–H groups in total. The van der Waals surface area contributed by atoms with E-state index < -0.39 is 0 Å². The second-order valence-corrected chi connectivity index (χ2v) is 7.98. The monoisotopic (exact) mass is 435 g/mol. The molecule has 0 aliphatic heterocycles. The Hall–Kier alpha value is -0.100. The maximum atomic E-state index is 12.4. The second kappa shape index (κ2) is 6.12. The number of halogens is 2. The second-order valence-electron chi connectivity index (χ2n) is 5.88. The number of nitrogens with one attached hydrogen (secondary N) is 1. The van der Waals surface area contributed by atoms with Gasteiger partial charge in [0.15, 0.2) is 0 Å². The summed E-state index contributed by atoms with van der Waals surface area (Å²) in [6.45, 7) is 4.50. The smallest absolute Gasteiger partial charge is 0.252 e. The quantitative estimate of drug-likeness (QED) is 0.667. The molecule has 1 amide bonds. The van der Waals surface area contributed by atoms with E-state index in [2.05, 4.69) is 57.7 Å². The highest BCUT2D eigenvalue weighted by atomic mass is 127. The summed E-state index contributed by atoms with van der Waals surface area (Å²) in [4.78, 5) is 12.4. The third kappa shape index (κ3) is 3.72. The molecule has 1 aromatic carbocycles. The van der Waals surface area contributed by atoms with Gasteiger partial charge in [-0.3, -0.25) is 4.79 Å². The lowest BCUT2D eigenvalue weighted by Gasteiger charge is -2.39. The number of hydrogen-bond donors (Lipinski definition) is 1. The largest absolute Gasteiger partial charge is 0.349 e. The molecule has 1 aromatic rings. The zero-order valence-corrected chi connectivity index (χ0v) is 15.0. The van der Waals surface area contributed by atoms with Gasteiger partial charge >= 0.3 is 0 Å². The van der Waals surface area contributed by atoms with Crippen LogP contribution < -0.4 is 5.32 Å². The molecule has 0 radical (unpaired) electrons. The minimum absolute atomic E-state index is 0.0327. The van der Waals surface area contributed by atoms with E-state index in [9.17, 15) is 4.79 Å². The van der Waals surface area contributed by atoms with E-state index in [4.69, 9.17) is 0 Å². The van der Waals surface area contributed by atoms with Crippen molar-refractivity contribution in [2.75, 3.05) is 0 Å². The molecular formula is C15H19BrINO. The molecule has 19 heavy (non-hydrogen) atoms. The number of amides is 1. The van der Waals surface area contributed by atoms with Gasteiger partial charge < -0.3 is 5.32 Å². The first kappa shape index (κ1) is 15.3. The van der Waals surface area contributed by atoms with Crippen molar-refractivity contribution in [3.05, 3.63) is 31.8 Å². The molecule has 2 rings (SSSR count). The molecule has 0 spiro atoms. The number of carbonyl (C=O) groups is 1. The van der Waals surface area contributed by atoms with Crippen LogP contribution in [-0.2, 0) is 0 Å². The Morgan fingerprint density at radius 3 is 2.84 bits per heavy atom. The molecule has 2 nitrogen and oxygen atoms in total. The summed E-state index contributed by atoms with van der Waals surface area (Å²) in [6.07, 6.45) is 4.75. The maximum absolute atomic E-state index is 12.4. The van der Waals surface area contributed by atoms with Crippen molar-refractivity contribution in [2.24, 2.45) is 5.41 Å². The van der Waals surface area contributed by atoms with Gasteiger partial charge in [0.2, 0.25) is 0 Å². The van der Waals surface area contributed by atoms with Crippen LogP contribution in [0.4, 0.5) is 0 Å². The van der Waals surface area contributed by atoms with Crippen LogP contribution in [0, 0.1) is 8.99 Å². The van der Waals surface area contributed by atoms with E-state index in [1.807, 2.05) is 18.2 Å². The van der Waals surface area contributed by atoms with Crippen molar-refractivity contribution in [1.29, 1.82) is 0 Å². The van der Waals surface area contributed by atoms with Gasteiger partial charge in [-0.1, -0.05) is 26.7 Å². The van der Waals surface area contributed by atoms with Crippen molar-refractivity contribution >= 4 is 44.4 Å². The van der Waals surface area contributed by atoms with E-state index in [0.717, 1.165) is 20.0 Å². The Morgan fingerprint density at radius 1 is 1.42 bits per heavy atom. The van der Waals surface area contributed by atoms with Gasteiger partial charge in [-0.05, 0) is 75.0 Å². The number of benzene rings is 1. The third-order valence-corrected chi connectivity index (χ3v) is 5.35. The maximum Gasteiger partial charge on any atom is 0.252 e. The summed E-state index contributed by atoms with van der Waals surface area (Å²) in [5, 5.41) is 3.22. The van der Waals surface area contributed by atoms with Crippen LogP contribution in [0.3, 0.4) is 0 Å². The van der Waals surface area contributed by atoms with Crippen LogP contribution in [0.2, 0.25) is 0 Å². The molecule has 104 valence electrons. The van der Waals surface area contributed by atoms with E-state index in [1.165, 1.54) is 19.3 Å². The summed E-state index contributed by atoms with van der Waals surface area (Å²) in [6, 6.07) is 6.13. The lowest BCUT2D eigenvalue weighted by Crippen LogP contribution is -2.46. The minimum Gasteiger partial charge on any atom is -0.349 e. The highest BCUT2D eigenvalue weighted by Gasteiger charge is 2.33. The fraction of sp³-hybridized carbons (Fsp3) is 0.533. The van der Waals surface area contributed by atoms with Gasteiger partial charge in [0.1, 0.15) is 0 Å². The molecule has 0 bridgehead atoms. The highest BCUT2D eigenvalue weighted by Crippen LogP contribution is 2.35. The minimum atomic E-state index is 0.0327. The van der Waals surface area contributed by atoms with E-state index >= 15 is 0 Å². The Bertz CT molecular complexity index is 487. The SMILES string of the molecule is CC1(C)CCCCC1NC(=O)c1cc(I)ccc1Br. The van der Waals surface area contributed by atoms with Crippen molar-refractivity contribution in [3.63, 3.8) is 0 Å². The standard InChI is InChI=1S/C15H19BrINO/c1-15(2)8-4-3-5-13(15)18-14(19)11-9-10(17)6-7-12(11)16/h6-7,9,13H,3-5,8H2,1-2H3,(H,18,19).